The van der Waals surface area contributed by atoms with Crippen molar-refractivity contribution in [1.82, 2.24) is 9.97 Å². The van der Waals surface area contributed by atoms with Gasteiger partial charge < -0.3 is 10.0 Å². The zero-order valence-electron chi connectivity index (χ0n) is 22.0. The third-order valence-corrected chi connectivity index (χ3v) is 6.51. The van der Waals surface area contributed by atoms with Gasteiger partial charge in [0.1, 0.15) is 13.8 Å². The van der Waals surface area contributed by atoms with Gasteiger partial charge in [0, 0.05) is 5.56 Å². The topological polar surface area (TPSA) is 66.2 Å². The Balaban J connectivity index is 0.000000263. The molecule has 0 aliphatic rings. The van der Waals surface area contributed by atoms with Crippen molar-refractivity contribution in [3.05, 3.63) is 109 Å². The number of halogens is 15. The molecule has 248 valence electrons. The molecule has 46 heavy (non-hydrogen) atoms. The summed E-state index contributed by atoms with van der Waals surface area (Å²) in [5, 5.41) is 17.2. The lowest BCUT2D eigenvalue weighted by atomic mass is 9.78. The highest BCUT2D eigenvalue weighted by molar-refractivity contribution is 9.11. The van der Waals surface area contributed by atoms with Crippen molar-refractivity contribution in [2.75, 3.05) is 0 Å². The third-order valence-electron chi connectivity index (χ3n) is 5.19. The van der Waals surface area contributed by atoms with Gasteiger partial charge in [0.2, 0.25) is 0 Å². The van der Waals surface area contributed by atoms with Crippen molar-refractivity contribution in [2.45, 2.75) is 24.7 Å². The Morgan fingerprint density at radius 3 is 1.09 bits per heavy atom. The summed E-state index contributed by atoms with van der Waals surface area (Å²) in [6.07, 6.45) is -19.7. The van der Waals surface area contributed by atoms with Crippen molar-refractivity contribution in [3.63, 3.8) is 0 Å². The van der Waals surface area contributed by atoms with E-state index in [1.807, 2.05) is 18.2 Å². The van der Waals surface area contributed by atoms with E-state index in [1.54, 1.807) is 0 Å². The van der Waals surface area contributed by atoms with Crippen molar-refractivity contribution < 1.29 is 62.7 Å². The minimum absolute atomic E-state index is 0.0148. The van der Waals surface area contributed by atoms with Gasteiger partial charge in [0.05, 0.1) is 27.9 Å². The van der Waals surface area contributed by atoms with Crippen molar-refractivity contribution in [1.29, 1.82) is 0 Å². The van der Waals surface area contributed by atoms with Crippen LogP contribution in [0.3, 0.4) is 0 Å². The Kier molecular flexibility index (Phi) is 13.3. The van der Waals surface area contributed by atoms with Crippen molar-refractivity contribution in [2.24, 2.45) is 0 Å². The SMILES string of the molecule is Brc1cccc(Br)n1.FC(F)(F)c1cc(-c2cccc(Br)n2)cc(C(F)(F)F)c1.OB(O)c1cc(C(F)(F)F)cc(C(F)(F)F)c1. The number of nitrogens with zero attached hydrogens (tertiary/aromatic N) is 2. The third kappa shape index (κ3) is 12.5. The molecule has 0 saturated heterocycles. The maximum Gasteiger partial charge on any atom is 0.488 e. The quantitative estimate of drug-likeness (QED) is 0.120. The minimum atomic E-state index is -5.00. The summed E-state index contributed by atoms with van der Waals surface area (Å²) in [4.78, 5) is 7.88. The molecule has 4 nitrogen and oxygen atoms in total. The highest BCUT2D eigenvalue weighted by atomic mass is 79.9. The van der Waals surface area contributed by atoms with Gasteiger partial charge in [-0.15, -0.1) is 0 Å². The number of pyridine rings is 2. The lowest BCUT2D eigenvalue weighted by Crippen LogP contribution is -2.32. The van der Waals surface area contributed by atoms with Gasteiger partial charge in [-0.1, -0.05) is 24.3 Å². The fourth-order valence-corrected chi connectivity index (χ4v) is 4.45. The predicted molar refractivity (Wildman–Crippen MR) is 153 cm³/mol. The van der Waals surface area contributed by atoms with Crippen LogP contribution in [-0.4, -0.2) is 27.1 Å². The van der Waals surface area contributed by atoms with E-state index in [1.165, 1.54) is 18.2 Å². The molecule has 0 spiro atoms. The van der Waals surface area contributed by atoms with Crippen LogP contribution in [0, 0.1) is 0 Å². The molecule has 0 fully saturated rings. The highest BCUT2D eigenvalue weighted by Gasteiger charge is 2.38. The van der Waals surface area contributed by atoms with E-state index in [0.717, 1.165) is 9.21 Å². The zero-order valence-corrected chi connectivity index (χ0v) is 26.7. The maximum absolute atomic E-state index is 12.7. The fraction of sp³-hybridized carbons (Fsp3) is 0.154. The van der Waals surface area contributed by atoms with Crippen LogP contribution in [0.2, 0.25) is 0 Å². The van der Waals surface area contributed by atoms with E-state index in [-0.39, 0.29) is 35.5 Å². The summed E-state index contributed by atoms with van der Waals surface area (Å²) in [6.45, 7) is 0. The molecule has 0 saturated carbocycles. The highest BCUT2D eigenvalue weighted by Crippen LogP contribution is 2.38. The molecule has 0 aliphatic carbocycles. The second kappa shape index (κ2) is 15.5. The van der Waals surface area contributed by atoms with Gasteiger partial charge in [-0.25, -0.2) is 9.97 Å². The molecule has 4 rings (SSSR count). The van der Waals surface area contributed by atoms with E-state index >= 15 is 0 Å². The van der Waals surface area contributed by atoms with E-state index in [9.17, 15) is 52.7 Å². The smallest absolute Gasteiger partial charge is 0.423 e. The average Bonchev–Trinajstić information content (AvgIpc) is 2.91. The van der Waals surface area contributed by atoms with Crippen LogP contribution >= 0.6 is 47.8 Å². The lowest BCUT2D eigenvalue weighted by Gasteiger charge is -2.14. The van der Waals surface area contributed by atoms with Crippen molar-refractivity contribution in [3.8, 4) is 11.3 Å². The minimum Gasteiger partial charge on any atom is -0.423 e. The molecule has 2 aromatic heterocycles. The van der Waals surface area contributed by atoms with Crippen LogP contribution in [0.1, 0.15) is 22.3 Å². The van der Waals surface area contributed by atoms with E-state index in [2.05, 4.69) is 57.8 Å². The second-order valence-corrected chi connectivity index (χ2v) is 11.1. The van der Waals surface area contributed by atoms with E-state index < -0.39 is 59.5 Å². The predicted octanol–water partition coefficient (Wildman–Crippen LogP) is 9.56. The Bertz CT molecular complexity index is 1550. The summed E-state index contributed by atoms with van der Waals surface area (Å²) >= 11 is 9.46. The van der Waals surface area contributed by atoms with Gasteiger partial charge in [-0.3, -0.25) is 0 Å². The largest absolute Gasteiger partial charge is 0.488 e. The van der Waals surface area contributed by atoms with Crippen LogP contribution in [0.4, 0.5) is 52.7 Å². The second-order valence-electron chi connectivity index (χ2n) is 8.64. The van der Waals surface area contributed by atoms with E-state index in [0.29, 0.717) is 16.7 Å². The van der Waals surface area contributed by atoms with E-state index in [4.69, 9.17) is 10.0 Å². The number of aromatic nitrogens is 2. The zero-order chi connectivity index (χ0) is 35.3. The summed E-state index contributed by atoms with van der Waals surface area (Å²) in [6, 6.07) is 11.8. The van der Waals surface area contributed by atoms with Crippen LogP contribution in [-0.2, 0) is 24.7 Å². The maximum atomic E-state index is 12.7. The Morgan fingerprint density at radius 1 is 0.478 bits per heavy atom. The van der Waals surface area contributed by atoms with Gasteiger partial charge >= 0.3 is 31.8 Å². The van der Waals surface area contributed by atoms with Crippen LogP contribution < -0.4 is 5.46 Å². The monoisotopic (exact) mass is 862 g/mol. The molecule has 2 heterocycles. The van der Waals surface area contributed by atoms with Gasteiger partial charge in [-0.05, 0) is 102 Å². The number of benzene rings is 2. The molecule has 0 amide bonds. The molecule has 0 atom stereocenters. The number of rotatable bonds is 2. The van der Waals surface area contributed by atoms with Crippen LogP contribution in [0.25, 0.3) is 11.3 Å². The summed E-state index contributed by atoms with van der Waals surface area (Å²) in [5.74, 6) is 0. The summed E-state index contributed by atoms with van der Waals surface area (Å²) in [5.41, 5.74) is -7.01. The number of alkyl halides is 12. The number of hydrogen-bond donors (Lipinski definition) is 2. The molecule has 20 heteroatoms. The Morgan fingerprint density at radius 2 is 0.804 bits per heavy atom. The normalized spacial score (nSPS) is 12.0. The van der Waals surface area contributed by atoms with Gasteiger partial charge in [0.15, 0.2) is 0 Å². The lowest BCUT2D eigenvalue weighted by molar-refractivity contribution is -0.144. The molecule has 2 N–H and O–H groups in total. The van der Waals surface area contributed by atoms with Crippen LogP contribution in [0.5, 0.6) is 0 Å². The molecule has 0 unspecified atom stereocenters. The first-order valence-electron chi connectivity index (χ1n) is 11.7. The molecule has 2 aromatic carbocycles. The Labute approximate surface area is 277 Å². The molecular formula is C26H14BBr3F12N2O2. The molecule has 0 aliphatic heterocycles. The average molecular weight is 865 g/mol. The van der Waals surface area contributed by atoms with Crippen LogP contribution in [0.15, 0.2) is 86.6 Å². The van der Waals surface area contributed by atoms with Gasteiger partial charge in [0.25, 0.3) is 0 Å². The summed E-state index contributed by atoms with van der Waals surface area (Å²) in [7, 11) is -2.40. The molecule has 0 radical (unpaired) electrons. The first kappa shape index (κ1) is 39.5. The fourth-order valence-electron chi connectivity index (χ4n) is 3.18. The Hall–Kier alpha value is -2.68. The van der Waals surface area contributed by atoms with Gasteiger partial charge in [-0.2, -0.15) is 52.7 Å². The van der Waals surface area contributed by atoms with Crippen molar-refractivity contribution >= 4 is 60.4 Å². The number of hydrogen-bond acceptors (Lipinski definition) is 4. The molecule has 0 bridgehead atoms. The first-order chi connectivity index (χ1) is 20.9. The standard InChI is InChI=1S/C13H6BrF6N.C8H5BF6O2.C5H3Br2N/c14-11-3-1-2-10(21-11)7-4-8(12(15,16)17)6-9(5-7)13(18,19)20;10-7(11,12)4-1-5(8(13,14)15)3-6(2-4)9(16)17;6-4-2-1-3-5(7)8-4/h1-6H;1-3,16-17H;1-3H. The molecule has 4 aromatic rings. The summed E-state index contributed by atoms with van der Waals surface area (Å²) < 4.78 is 152. The molecular weight excluding hydrogens is 851 g/mol. The first-order valence-corrected chi connectivity index (χ1v) is 14.1.